The van der Waals surface area contributed by atoms with Gasteiger partial charge in [0.05, 0.1) is 28.3 Å². The van der Waals surface area contributed by atoms with Crippen LogP contribution in [0, 0.1) is 0 Å². The lowest BCUT2D eigenvalue weighted by molar-refractivity contribution is 0.264. The number of ether oxygens (including phenoxy) is 2. The third-order valence-corrected chi connectivity index (χ3v) is 3.94. The first-order valence-electron chi connectivity index (χ1n) is 6.68. The second-order valence-corrected chi connectivity index (χ2v) is 5.75. The summed E-state index contributed by atoms with van der Waals surface area (Å²) in [4.78, 5) is 0. The van der Waals surface area contributed by atoms with Crippen LogP contribution in [0.15, 0.2) is 30.3 Å². The molecule has 0 amide bonds. The zero-order valence-corrected chi connectivity index (χ0v) is 14.2. The first kappa shape index (κ1) is 17.2. The molecule has 0 aliphatic heterocycles. The van der Waals surface area contributed by atoms with Gasteiger partial charge in [0, 0.05) is 0 Å². The van der Waals surface area contributed by atoms with Gasteiger partial charge in [-0.3, -0.25) is 0 Å². The van der Waals surface area contributed by atoms with E-state index in [4.69, 9.17) is 44.3 Å². The van der Waals surface area contributed by atoms with E-state index in [-0.39, 0.29) is 13.2 Å². The second-order valence-electron chi connectivity index (χ2n) is 4.53. The Hall–Kier alpha value is -1.13. The molecule has 1 N–H and O–H groups in total. The van der Waals surface area contributed by atoms with Crippen LogP contribution in [0.5, 0.6) is 11.5 Å². The van der Waals surface area contributed by atoms with Crippen LogP contribution in [-0.4, -0.2) is 11.7 Å². The number of rotatable bonds is 6. The molecule has 0 spiro atoms. The van der Waals surface area contributed by atoms with Gasteiger partial charge in [-0.2, -0.15) is 0 Å². The molecule has 0 unspecified atom stereocenters. The Morgan fingerprint density at radius 2 is 1.64 bits per heavy atom. The number of aliphatic hydroxyl groups is 1. The van der Waals surface area contributed by atoms with Crippen LogP contribution in [0.25, 0.3) is 0 Å². The van der Waals surface area contributed by atoms with E-state index in [1.807, 2.05) is 13.0 Å². The lowest BCUT2D eigenvalue weighted by Crippen LogP contribution is -2.01. The summed E-state index contributed by atoms with van der Waals surface area (Å²) < 4.78 is 11.3. The second kappa shape index (κ2) is 7.93. The smallest absolute Gasteiger partial charge is 0.180 e. The highest BCUT2D eigenvalue weighted by atomic mass is 35.5. The van der Waals surface area contributed by atoms with Crippen LogP contribution in [0.2, 0.25) is 15.1 Å². The molecule has 2 rings (SSSR count). The fourth-order valence-corrected chi connectivity index (χ4v) is 2.51. The van der Waals surface area contributed by atoms with Gasteiger partial charge in [0.2, 0.25) is 0 Å². The molecule has 0 bridgehead atoms. The van der Waals surface area contributed by atoms with Gasteiger partial charge in [-0.15, -0.1) is 0 Å². The minimum absolute atomic E-state index is 0.118. The maximum atomic E-state index is 9.23. The van der Waals surface area contributed by atoms with E-state index in [0.717, 1.165) is 5.56 Å². The van der Waals surface area contributed by atoms with Gasteiger partial charge in [-0.1, -0.05) is 40.9 Å². The Morgan fingerprint density at radius 1 is 0.909 bits per heavy atom. The SMILES string of the molecule is CCOc1cc(CO)cc(Cl)c1OCc1ccc(Cl)c(Cl)c1. The van der Waals surface area contributed by atoms with Crippen molar-refractivity contribution in [2.45, 2.75) is 20.1 Å². The normalized spacial score (nSPS) is 10.6. The average Bonchev–Trinajstić information content (AvgIpc) is 2.50. The average molecular weight is 362 g/mol. The van der Waals surface area contributed by atoms with Crippen molar-refractivity contribution in [3.05, 3.63) is 56.5 Å². The van der Waals surface area contributed by atoms with Gasteiger partial charge < -0.3 is 14.6 Å². The molecule has 0 saturated heterocycles. The molecular formula is C16H15Cl3O3. The van der Waals surface area contributed by atoms with Crippen molar-refractivity contribution in [2.24, 2.45) is 0 Å². The van der Waals surface area contributed by atoms with Crippen LogP contribution in [0.1, 0.15) is 18.1 Å². The number of halogens is 3. The molecule has 0 fully saturated rings. The van der Waals surface area contributed by atoms with Crippen LogP contribution in [0.4, 0.5) is 0 Å². The zero-order chi connectivity index (χ0) is 16.1. The molecule has 3 nitrogen and oxygen atoms in total. The largest absolute Gasteiger partial charge is 0.490 e. The highest BCUT2D eigenvalue weighted by Crippen LogP contribution is 2.37. The lowest BCUT2D eigenvalue weighted by atomic mass is 10.2. The van der Waals surface area contributed by atoms with E-state index in [1.54, 1.807) is 24.3 Å². The third kappa shape index (κ3) is 4.20. The highest BCUT2D eigenvalue weighted by Gasteiger charge is 2.13. The van der Waals surface area contributed by atoms with Gasteiger partial charge in [0.1, 0.15) is 6.61 Å². The van der Waals surface area contributed by atoms with Crippen molar-refractivity contribution >= 4 is 34.8 Å². The first-order valence-corrected chi connectivity index (χ1v) is 7.81. The Bertz CT molecular complexity index is 659. The van der Waals surface area contributed by atoms with Gasteiger partial charge in [0.25, 0.3) is 0 Å². The van der Waals surface area contributed by atoms with Gasteiger partial charge in [0.15, 0.2) is 11.5 Å². The Labute approximate surface area is 144 Å². The van der Waals surface area contributed by atoms with E-state index in [1.165, 1.54) is 0 Å². The molecule has 0 atom stereocenters. The standard InChI is InChI=1S/C16H15Cl3O3/c1-2-21-15-7-11(8-20)6-14(19)16(15)22-9-10-3-4-12(17)13(18)5-10/h3-7,20H,2,8-9H2,1H3. The van der Waals surface area contributed by atoms with Crippen molar-refractivity contribution in [1.29, 1.82) is 0 Å². The van der Waals surface area contributed by atoms with Crippen LogP contribution < -0.4 is 9.47 Å². The maximum Gasteiger partial charge on any atom is 0.180 e. The Morgan fingerprint density at radius 3 is 2.27 bits per heavy atom. The minimum Gasteiger partial charge on any atom is -0.490 e. The minimum atomic E-state index is -0.118. The van der Waals surface area contributed by atoms with E-state index >= 15 is 0 Å². The fraction of sp³-hybridized carbons (Fsp3) is 0.250. The highest BCUT2D eigenvalue weighted by molar-refractivity contribution is 6.42. The molecule has 0 aliphatic rings. The molecule has 0 aliphatic carbocycles. The zero-order valence-electron chi connectivity index (χ0n) is 11.9. The molecule has 22 heavy (non-hydrogen) atoms. The van der Waals surface area contributed by atoms with Crippen molar-refractivity contribution in [3.63, 3.8) is 0 Å². The van der Waals surface area contributed by atoms with Crippen molar-refractivity contribution in [1.82, 2.24) is 0 Å². The van der Waals surface area contributed by atoms with Crippen molar-refractivity contribution in [2.75, 3.05) is 6.61 Å². The molecule has 0 radical (unpaired) electrons. The third-order valence-electron chi connectivity index (χ3n) is 2.92. The predicted octanol–water partition coefficient (Wildman–Crippen LogP) is 5.12. The maximum absolute atomic E-state index is 9.23. The molecule has 0 saturated carbocycles. The molecule has 118 valence electrons. The quantitative estimate of drug-likeness (QED) is 0.776. The molecule has 6 heteroatoms. The Balaban J connectivity index is 2.22. The summed E-state index contributed by atoms with van der Waals surface area (Å²) >= 11 is 18.1. The summed E-state index contributed by atoms with van der Waals surface area (Å²) in [6, 6.07) is 8.63. The van der Waals surface area contributed by atoms with Gasteiger partial charge in [-0.05, 0) is 42.3 Å². The first-order chi connectivity index (χ1) is 10.5. The number of aliphatic hydroxyl groups excluding tert-OH is 1. The summed E-state index contributed by atoms with van der Waals surface area (Å²) in [6.07, 6.45) is 0. The number of hydrogen-bond donors (Lipinski definition) is 1. The molecule has 0 aromatic heterocycles. The van der Waals surface area contributed by atoms with E-state index in [0.29, 0.717) is 38.7 Å². The summed E-state index contributed by atoms with van der Waals surface area (Å²) in [7, 11) is 0. The van der Waals surface area contributed by atoms with E-state index in [2.05, 4.69) is 0 Å². The van der Waals surface area contributed by atoms with Crippen LogP contribution in [0.3, 0.4) is 0 Å². The lowest BCUT2D eigenvalue weighted by Gasteiger charge is -2.15. The van der Waals surface area contributed by atoms with E-state index in [9.17, 15) is 5.11 Å². The van der Waals surface area contributed by atoms with Crippen molar-refractivity contribution in [3.8, 4) is 11.5 Å². The number of hydrogen-bond acceptors (Lipinski definition) is 3. The van der Waals surface area contributed by atoms with Crippen LogP contribution in [-0.2, 0) is 13.2 Å². The summed E-state index contributed by atoms with van der Waals surface area (Å²) in [5.74, 6) is 0.936. The fourth-order valence-electron chi connectivity index (χ4n) is 1.90. The summed E-state index contributed by atoms with van der Waals surface area (Å²) in [6.45, 7) is 2.48. The number of benzene rings is 2. The monoisotopic (exact) mass is 360 g/mol. The molecule has 2 aromatic carbocycles. The predicted molar refractivity (Wildman–Crippen MR) is 89.3 cm³/mol. The van der Waals surface area contributed by atoms with Crippen LogP contribution >= 0.6 is 34.8 Å². The summed E-state index contributed by atoms with van der Waals surface area (Å²) in [5, 5.41) is 10.6. The molecular weight excluding hydrogens is 347 g/mol. The van der Waals surface area contributed by atoms with E-state index < -0.39 is 0 Å². The topological polar surface area (TPSA) is 38.7 Å². The van der Waals surface area contributed by atoms with Gasteiger partial charge >= 0.3 is 0 Å². The van der Waals surface area contributed by atoms with Gasteiger partial charge in [-0.25, -0.2) is 0 Å². The van der Waals surface area contributed by atoms with Crippen molar-refractivity contribution < 1.29 is 14.6 Å². The molecule has 0 heterocycles. The summed E-state index contributed by atoms with van der Waals surface area (Å²) in [5.41, 5.74) is 1.52. The molecule has 2 aromatic rings. The Kier molecular flexibility index (Phi) is 6.21.